The summed E-state index contributed by atoms with van der Waals surface area (Å²) in [5.74, 6) is 0.814. The minimum atomic E-state index is -0.138. The summed E-state index contributed by atoms with van der Waals surface area (Å²) in [7, 11) is 1.63. The maximum Gasteiger partial charge on any atom is 0.119 e. The minimum absolute atomic E-state index is 0.138. The molecular weight excluding hydrogens is 190 g/mol. The van der Waals surface area contributed by atoms with Crippen molar-refractivity contribution in [2.45, 2.75) is 13.0 Å². The molecule has 0 N–H and O–H groups in total. The molecule has 4 heteroatoms. The van der Waals surface area contributed by atoms with Crippen LogP contribution in [0.3, 0.4) is 0 Å². The van der Waals surface area contributed by atoms with E-state index >= 15 is 0 Å². The number of hydrogen-bond donors (Lipinski definition) is 0. The highest BCUT2D eigenvalue weighted by molar-refractivity contribution is 5.52. The molecule has 4 nitrogen and oxygen atoms in total. The first-order valence-electron chi connectivity index (χ1n) is 4.62. The number of benzene rings is 1. The van der Waals surface area contributed by atoms with E-state index in [1.54, 1.807) is 7.11 Å². The number of hydrogen-bond acceptors (Lipinski definition) is 2. The second-order valence-electron chi connectivity index (χ2n) is 3.08. The van der Waals surface area contributed by atoms with Crippen LogP contribution in [0.15, 0.2) is 35.5 Å². The van der Waals surface area contributed by atoms with Gasteiger partial charge in [-0.2, -0.15) is 0 Å². The average molecular weight is 203 g/mol. The largest absolute Gasteiger partial charge is 0.497 e. The lowest BCUT2D eigenvalue weighted by molar-refractivity contribution is 0.414. The third-order valence-electron chi connectivity index (χ3n) is 1.89. The van der Waals surface area contributed by atoms with Crippen molar-refractivity contribution in [1.82, 2.24) is 0 Å². The van der Waals surface area contributed by atoms with E-state index in [0.29, 0.717) is 0 Å². The van der Waals surface area contributed by atoms with Gasteiger partial charge in [-0.3, -0.25) is 0 Å². The lowest BCUT2D eigenvalue weighted by Crippen LogP contribution is -1.88. The van der Waals surface area contributed by atoms with E-state index < -0.39 is 0 Å². The van der Waals surface area contributed by atoms with Gasteiger partial charge in [0.1, 0.15) is 5.75 Å². The molecule has 1 rings (SSSR count). The lowest BCUT2D eigenvalue weighted by atomic mass is 10.2. The molecule has 0 heterocycles. The van der Waals surface area contributed by atoms with Crippen molar-refractivity contribution in [2.24, 2.45) is 5.11 Å². The first-order chi connectivity index (χ1) is 7.26. The van der Waals surface area contributed by atoms with Crippen molar-refractivity contribution >= 4 is 6.08 Å². The monoisotopic (exact) mass is 203 g/mol. The van der Waals surface area contributed by atoms with Crippen LogP contribution in [0.25, 0.3) is 16.5 Å². The van der Waals surface area contributed by atoms with Gasteiger partial charge >= 0.3 is 0 Å². The predicted octanol–water partition coefficient (Wildman–Crippen LogP) is 3.41. The van der Waals surface area contributed by atoms with Crippen molar-refractivity contribution in [3.05, 3.63) is 46.3 Å². The smallest absolute Gasteiger partial charge is 0.119 e. The van der Waals surface area contributed by atoms with E-state index in [2.05, 4.69) is 10.0 Å². The Morgan fingerprint density at radius 3 is 3.00 bits per heavy atom. The van der Waals surface area contributed by atoms with Gasteiger partial charge in [-0.1, -0.05) is 36.3 Å². The predicted molar refractivity (Wildman–Crippen MR) is 60.6 cm³/mol. The Labute approximate surface area is 88.8 Å². The van der Waals surface area contributed by atoms with Gasteiger partial charge in [0.2, 0.25) is 0 Å². The molecule has 0 amide bonds. The summed E-state index contributed by atoms with van der Waals surface area (Å²) in [6, 6.07) is 7.53. The zero-order valence-corrected chi connectivity index (χ0v) is 8.79. The molecule has 0 bridgehead atoms. The maximum absolute atomic E-state index is 8.22. The number of methoxy groups -OCH3 is 1. The number of azide groups is 1. The summed E-state index contributed by atoms with van der Waals surface area (Å²) in [4.78, 5) is 2.73. The first-order valence-corrected chi connectivity index (χ1v) is 4.62. The van der Waals surface area contributed by atoms with Gasteiger partial charge < -0.3 is 4.74 Å². The molecule has 1 aromatic rings. The van der Waals surface area contributed by atoms with E-state index in [0.717, 1.165) is 11.3 Å². The Morgan fingerprint density at radius 2 is 2.33 bits per heavy atom. The molecule has 0 saturated heterocycles. The van der Waals surface area contributed by atoms with Crippen molar-refractivity contribution in [1.29, 1.82) is 0 Å². The molecule has 0 fully saturated rings. The minimum Gasteiger partial charge on any atom is -0.497 e. The van der Waals surface area contributed by atoms with Gasteiger partial charge in [0, 0.05) is 4.91 Å². The molecule has 0 radical (unpaired) electrons. The summed E-state index contributed by atoms with van der Waals surface area (Å²) in [5, 5.41) is 3.54. The highest BCUT2D eigenvalue weighted by Crippen LogP contribution is 2.14. The molecule has 0 saturated carbocycles. The molecule has 1 atom stereocenters. The Balaban J connectivity index is 2.75. The van der Waals surface area contributed by atoms with Crippen molar-refractivity contribution in [2.75, 3.05) is 7.11 Å². The zero-order chi connectivity index (χ0) is 11.1. The van der Waals surface area contributed by atoms with Crippen LogP contribution in [-0.4, -0.2) is 13.2 Å². The second kappa shape index (κ2) is 5.73. The molecule has 0 aromatic heterocycles. The molecular formula is C11H13N3O. The lowest BCUT2D eigenvalue weighted by Gasteiger charge is -2.00. The molecule has 15 heavy (non-hydrogen) atoms. The molecule has 0 aliphatic heterocycles. The van der Waals surface area contributed by atoms with Crippen molar-refractivity contribution in [3.63, 3.8) is 0 Å². The van der Waals surface area contributed by atoms with Gasteiger partial charge in [0.05, 0.1) is 13.2 Å². The third-order valence-corrected chi connectivity index (χ3v) is 1.89. The quantitative estimate of drug-likeness (QED) is 0.420. The first kappa shape index (κ1) is 11.1. The maximum atomic E-state index is 8.22. The van der Waals surface area contributed by atoms with Crippen LogP contribution in [0.2, 0.25) is 0 Å². The van der Waals surface area contributed by atoms with Gasteiger partial charge in [0.25, 0.3) is 0 Å². The Bertz CT molecular complexity index is 395. The molecule has 0 aliphatic carbocycles. The van der Waals surface area contributed by atoms with Crippen LogP contribution in [0, 0.1) is 0 Å². The highest BCUT2D eigenvalue weighted by Gasteiger charge is 1.93. The van der Waals surface area contributed by atoms with Crippen molar-refractivity contribution < 1.29 is 4.74 Å². The Morgan fingerprint density at radius 1 is 1.53 bits per heavy atom. The molecule has 1 aromatic carbocycles. The number of ether oxygens (including phenoxy) is 1. The Kier molecular flexibility index (Phi) is 4.26. The zero-order valence-electron chi connectivity index (χ0n) is 8.79. The standard InChI is InChI=1S/C11H13N3O/c1-9(13-14-12)6-7-10-4-3-5-11(8-10)15-2/h3-9H,1-2H3/b7-6+/t9-/m1/s1. The molecule has 0 unspecified atom stereocenters. The Hall–Kier alpha value is -1.93. The van der Waals surface area contributed by atoms with Crippen LogP contribution < -0.4 is 4.74 Å². The fourth-order valence-corrected chi connectivity index (χ4v) is 1.12. The molecule has 78 valence electrons. The summed E-state index contributed by atoms with van der Waals surface area (Å²) < 4.78 is 5.09. The van der Waals surface area contributed by atoms with Gasteiger partial charge in [-0.05, 0) is 23.2 Å². The van der Waals surface area contributed by atoms with E-state index in [1.807, 2.05) is 43.3 Å². The summed E-state index contributed by atoms with van der Waals surface area (Å²) in [5.41, 5.74) is 9.24. The topological polar surface area (TPSA) is 58.0 Å². The summed E-state index contributed by atoms with van der Waals surface area (Å²) in [6.07, 6.45) is 3.75. The van der Waals surface area contributed by atoms with E-state index in [4.69, 9.17) is 10.3 Å². The fourth-order valence-electron chi connectivity index (χ4n) is 1.12. The van der Waals surface area contributed by atoms with Gasteiger partial charge in [-0.25, -0.2) is 0 Å². The SMILES string of the molecule is COc1cccc(/C=C/[C@@H](C)N=[N+]=[N-])c1. The number of nitrogens with zero attached hydrogens (tertiary/aromatic N) is 3. The second-order valence-corrected chi connectivity index (χ2v) is 3.08. The van der Waals surface area contributed by atoms with Crippen LogP contribution in [0.4, 0.5) is 0 Å². The van der Waals surface area contributed by atoms with Gasteiger partial charge in [-0.15, -0.1) is 0 Å². The van der Waals surface area contributed by atoms with Crippen LogP contribution in [0.1, 0.15) is 12.5 Å². The van der Waals surface area contributed by atoms with Crippen LogP contribution in [0.5, 0.6) is 5.75 Å². The normalized spacial score (nSPS) is 12.1. The summed E-state index contributed by atoms with van der Waals surface area (Å²) in [6.45, 7) is 1.83. The van der Waals surface area contributed by atoms with Gasteiger partial charge in [0.15, 0.2) is 0 Å². The molecule has 0 spiro atoms. The summed E-state index contributed by atoms with van der Waals surface area (Å²) >= 11 is 0. The number of rotatable bonds is 4. The average Bonchev–Trinajstić information content (AvgIpc) is 2.27. The van der Waals surface area contributed by atoms with Crippen LogP contribution >= 0.6 is 0 Å². The fraction of sp³-hybridized carbons (Fsp3) is 0.273. The van der Waals surface area contributed by atoms with E-state index in [9.17, 15) is 0 Å². The molecule has 0 aliphatic rings. The van der Waals surface area contributed by atoms with Crippen LogP contribution in [-0.2, 0) is 0 Å². The van der Waals surface area contributed by atoms with Crippen molar-refractivity contribution in [3.8, 4) is 5.75 Å². The van der Waals surface area contributed by atoms with E-state index in [1.165, 1.54) is 0 Å². The van der Waals surface area contributed by atoms with E-state index in [-0.39, 0.29) is 6.04 Å². The third kappa shape index (κ3) is 3.75. The highest BCUT2D eigenvalue weighted by atomic mass is 16.5.